The van der Waals surface area contributed by atoms with Crippen LogP contribution < -0.4 is 21.7 Å². The van der Waals surface area contributed by atoms with E-state index in [1.807, 2.05) is 82.3 Å². The molecule has 0 unspecified atom stereocenters. The normalized spacial score (nSPS) is 17.1. The Balaban J connectivity index is 0.0000110. The molecule has 392 valence electrons. The molecule has 8 atom stereocenters. The highest BCUT2D eigenvalue weighted by Crippen LogP contribution is 2.44. The molecule has 5 rings (SSSR count). The number of likely N-dealkylation sites (tertiary alicyclic amines) is 1. The van der Waals surface area contributed by atoms with Crippen molar-refractivity contribution in [3.8, 4) is 11.1 Å². The van der Waals surface area contributed by atoms with Gasteiger partial charge in [0, 0.05) is 53.2 Å². The maximum atomic E-state index is 14.2. The molecule has 0 bridgehead atoms. The van der Waals surface area contributed by atoms with E-state index >= 15 is 0 Å². The first kappa shape index (κ1) is 58.5. The first-order valence-corrected chi connectivity index (χ1v) is 25.0. The van der Waals surface area contributed by atoms with Gasteiger partial charge < -0.3 is 55.2 Å². The third-order valence-corrected chi connectivity index (χ3v) is 14.0. The van der Waals surface area contributed by atoms with Crippen molar-refractivity contribution in [2.75, 3.05) is 73.9 Å². The van der Waals surface area contributed by atoms with Crippen molar-refractivity contribution in [1.82, 2.24) is 25.8 Å². The van der Waals surface area contributed by atoms with Crippen LogP contribution in [0.1, 0.15) is 82.9 Å². The number of ether oxygens (including phenoxy) is 5. The fourth-order valence-corrected chi connectivity index (χ4v) is 9.75. The fraction of sp³-hybridized carbons (Fsp3) is 0.574. The zero-order chi connectivity index (χ0) is 50.7. The lowest BCUT2D eigenvalue weighted by molar-refractivity contribution is -0.146. The van der Waals surface area contributed by atoms with Gasteiger partial charge in [-0.05, 0) is 52.5 Å². The summed E-state index contributed by atoms with van der Waals surface area (Å²) in [6, 6.07) is 23.5. The molecule has 0 saturated carbocycles. The molecule has 17 heteroatoms. The van der Waals surface area contributed by atoms with Crippen molar-refractivity contribution in [3.05, 3.63) is 95.6 Å². The maximum Gasteiger partial charge on any atom is 0.407 e. The quantitative estimate of drug-likeness (QED) is 0.0649. The second kappa shape index (κ2) is 29.4. The Bertz CT molecular complexity index is 2100. The number of halogens is 1. The highest BCUT2D eigenvalue weighted by Gasteiger charge is 2.43. The van der Waals surface area contributed by atoms with E-state index in [0.29, 0.717) is 13.0 Å². The summed E-state index contributed by atoms with van der Waals surface area (Å²) < 4.78 is 28.9. The summed E-state index contributed by atoms with van der Waals surface area (Å²) in [5.74, 6) is -1.86. The van der Waals surface area contributed by atoms with Gasteiger partial charge in [-0.15, -0.1) is 12.4 Å². The van der Waals surface area contributed by atoms with Crippen LogP contribution in [0.5, 0.6) is 0 Å². The van der Waals surface area contributed by atoms with Gasteiger partial charge >= 0.3 is 6.09 Å². The third-order valence-electron chi connectivity index (χ3n) is 14.0. The molecule has 16 nitrogen and oxygen atoms in total. The molecule has 5 N–H and O–H groups in total. The second-order valence-corrected chi connectivity index (χ2v) is 18.9. The Morgan fingerprint density at radius 1 is 0.789 bits per heavy atom. The van der Waals surface area contributed by atoms with Gasteiger partial charge in [0.25, 0.3) is 0 Å². The van der Waals surface area contributed by atoms with Crippen LogP contribution in [0, 0.1) is 17.8 Å². The van der Waals surface area contributed by atoms with Crippen LogP contribution in [0.4, 0.5) is 4.79 Å². The number of carbonyl (C=O) groups excluding carboxylic acids is 5. The Kier molecular flexibility index (Phi) is 24.2. The van der Waals surface area contributed by atoms with Gasteiger partial charge in [-0.3, -0.25) is 19.2 Å². The van der Waals surface area contributed by atoms with Gasteiger partial charge in [-0.1, -0.05) is 120 Å². The van der Waals surface area contributed by atoms with E-state index in [4.69, 9.17) is 29.4 Å². The number of hydrogen-bond donors (Lipinski definition) is 4. The van der Waals surface area contributed by atoms with E-state index in [0.717, 1.165) is 29.5 Å². The number of amides is 5. The minimum Gasteiger partial charge on any atom is -0.449 e. The first-order chi connectivity index (χ1) is 33.7. The minimum atomic E-state index is -0.896. The summed E-state index contributed by atoms with van der Waals surface area (Å²) in [5.41, 5.74) is 11.8. The summed E-state index contributed by atoms with van der Waals surface area (Å²) in [5, 5.41) is 8.62. The van der Waals surface area contributed by atoms with Crippen LogP contribution in [0.3, 0.4) is 0 Å². The van der Waals surface area contributed by atoms with Gasteiger partial charge in [0.1, 0.15) is 12.6 Å². The van der Waals surface area contributed by atoms with Crippen LogP contribution in [-0.2, 0) is 49.3 Å². The van der Waals surface area contributed by atoms with Crippen LogP contribution in [0.2, 0.25) is 0 Å². The first-order valence-electron chi connectivity index (χ1n) is 25.0. The van der Waals surface area contributed by atoms with Crippen molar-refractivity contribution in [2.45, 2.75) is 109 Å². The summed E-state index contributed by atoms with van der Waals surface area (Å²) in [6.07, 6.45) is 0.655. The Hall–Kier alpha value is -5.10. The van der Waals surface area contributed by atoms with Gasteiger partial charge in [0.2, 0.25) is 23.6 Å². The molecule has 1 saturated heterocycles. The van der Waals surface area contributed by atoms with Gasteiger partial charge in [-0.25, -0.2) is 4.79 Å². The van der Waals surface area contributed by atoms with Crippen molar-refractivity contribution < 1.29 is 47.7 Å². The summed E-state index contributed by atoms with van der Waals surface area (Å²) in [7, 11) is 4.83. The number of nitrogens with one attached hydrogen (secondary N) is 3. The predicted octanol–water partition coefficient (Wildman–Crippen LogP) is 5.73. The van der Waals surface area contributed by atoms with Crippen LogP contribution in [0.25, 0.3) is 11.1 Å². The van der Waals surface area contributed by atoms with E-state index in [-0.39, 0.29) is 113 Å². The molecule has 0 spiro atoms. The van der Waals surface area contributed by atoms with Crippen molar-refractivity contribution >= 4 is 42.1 Å². The third kappa shape index (κ3) is 15.9. The molecule has 3 aromatic carbocycles. The van der Waals surface area contributed by atoms with Crippen LogP contribution in [-0.4, -0.2) is 150 Å². The standard InChI is InChI=1S/C54H78N6O10.ClH/c1-9-36(4)49(59(6)53(64)48(55)35(2)3)46(66-7)33-47(61)60-27-17-24-45(60)50(67-8)37(5)51(62)58-44(32-38-18-11-10-12-19-38)52(63)56-25-28-68-30-31-69-29-26-57-54(65)70-34-43-41-22-15-13-20-39(41)40-21-14-16-23-42(40)43;/h10-16,18-23,35-37,43-46,48-50H,9,17,24-34,55H2,1-8H3,(H,56,63)(H,57,65)(H,58,62);1H/t36-,37+,44-,45-,46+,48-,49-,50+;/m0./s1. The number of benzene rings is 3. The lowest BCUT2D eigenvalue weighted by atomic mass is 9.89. The Labute approximate surface area is 427 Å². The van der Waals surface area contributed by atoms with Crippen molar-refractivity contribution in [3.63, 3.8) is 0 Å². The minimum absolute atomic E-state index is 0. The molecule has 71 heavy (non-hydrogen) atoms. The highest BCUT2D eigenvalue weighted by molar-refractivity contribution is 5.89. The molecule has 0 radical (unpaired) electrons. The van der Waals surface area contributed by atoms with Gasteiger partial charge in [-0.2, -0.15) is 0 Å². The Morgan fingerprint density at radius 2 is 1.38 bits per heavy atom. The monoisotopic (exact) mass is 1010 g/mol. The molecule has 2 aliphatic rings. The number of rotatable bonds is 28. The number of carbonyl (C=O) groups is 5. The molecule has 1 aliphatic carbocycles. The fourth-order valence-electron chi connectivity index (χ4n) is 9.75. The summed E-state index contributed by atoms with van der Waals surface area (Å²) in [4.78, 5) is 71.3. The van der Waals surface area contributed by atoms with Gasteiger partial charge in [0.05, 0.1) is 69.1 Å². The summed E-state index contributed by atoms with van der Waals surface area (Å²) in [6.45, 7) is 11.9. The predicted molar refractivity (Wildman–Crippen MR) is 276 cm³/mol. The maximum absolute atomic E-state index is 14.2. The average Bonchev–Trinajstić information content (AvgIpc) is 3.98. The molecule has 0 aromatic heterocycles. The summed E-state index contributed by atoms with van der Waals surface area (Å²) >= 11 is 0. The lowest BCUT2D eigenvalue weighted by Gasteiger charge is -2.40. The smallest absolute Gasteiger partial charge is 0.407 e. The molecular formula is C54H79ClN6O10. The SMILES string of the molecule is CC[C@H](C)[C@@H]([C@@H](CC(=O)N1CCC[C@H]1[C@H](OC)[C@@H](C)C(=O)N[C@@H](Cc1ccccc1)C(=O)NCCOCCOCCNC(=O)OCC1c2ccccc2-c2ccccc21)OC)N(C)C(=O)[C@@H](N)C(C)C.Cl. The zero-order valence-corrected chi connectivity index (χ0v) is 43.8. The van der Waals surface area contributed by atoms with E-state index in [1.165, 1.54) is 18.2 Å². The Morgan fingerprint density at radius 3 is 1.96 bits per heavy atom. The number of likely N-dealkylation sites (N-methyl/N-ethyl adjacent to an activating group) is 1. The van der Waals surface area contributed by atoms with Crippen molar-refractivity contribution in [2.24, 2.45) is 23.5 Å². The molecule has 5 amide bonds. The molecule has 1 fully saturated rings. The van der Waals surface area contributed by atoms with E-state index in [9.17, 15) is 24.0 Å². The molecule has 3 aromatic rings. The molecular weight excluding hydrogens is 928 g/mol. The second-order valence-electron chi connectivity index (χ2n) is 18.9. The number of fused-ring (bicyclic) bond motifs is 3. The largest absolute Gasteiger partial charge is 0.449 e. The highest BCUT2D eigenvalue weighted by atomic mass is 35.5. The van der Waals surface area contributed by atoms with E-state index in [1.54, 1.807) is 30.9 Å². The van der Waals surface area contributed by atoms with Crippen LogP contribution >= 0.6 is 12.4 Å². The number of hydrogen-bond acceptors (Lipinski definition) is 11. The van der Waals surface area contributed by atoms with Crippen LogP contribution in [0.15, 0.2) is 78.9 Å². The number of nitrogens with two attached hydrogens (primary N) is 1. The lowest BCUT2D eigenvalue weighted by Crippen LogP contribution is -2.56. The van der Waals surface area contributed by atoms with E-state index in [2.05, 4.69) is 40.2 Å². The zero-order valence-electron chi connectivity index (χ0n) is 42.9. The molecule has 1 aliphatic heterocycles. The topological polar surface area (TPSA) is 200 Å². The van der Waals surface area contributed by atoms with E-state index < -0.39 is 48.4 Å². The molecule has 1 heterocycles. The van der Waals surface area contributed by atoms with Crippen molar-refractivity contribution in [1.29, 1.82) is 0 Å². The van der Waals surface area contributed by atoms with Gasteiger partial charge in [0.15, 0.2) is 0 Å². The average molecular weight is 1010 g/mol. The number of nitrogens with zero attached hydrogens (tertiary/aromatic N) is 2. The number of methoxy groups -OCH3 is 2. The number of alkyl carbamates (subject to hydrolysis) is 1.